The van der Waals surface area contributed by atoms with Crippen LogP contribution in [-0.2, 0) is 4.74 Å². The molecular weight excluding hydrogens is 190 g/mol. The second-order valence-corrected chi connectivity index (χ2v) is 4.99. The Kier molecular flexibility index (Phi) is 3.62. The van der Waals surface area contributed by atoms with Crippen LogP contribution in [0, 0.1) is 18.3 Å². The average Bonchev–Trinajstić information content (AvgIpc) is 2.50. The van der Waals surface area contributed by atoms with Gasteiger partial charge in [-0.3, -0.25) is 0 Å². The Morgan fingerprint density at radius 2 is 2.27 bits per heavy atom. The van der Waals surface area contributed by atoms with Crippen LogP contribution in [0.25, 0.3) is 0 Å². The highest BCUT2D eigenvalue weighted by atomic mass is 16.6. The first-order valence-electron chi connectivity index (χ1n) is 5.34. The van der Waals surface area contributed by atoms with Crippen LogP contribution in [-0.4, -0.2) is 29.7 Å². The zero-order valence-corrected chi connectivity index (χ0v) is 9.75. The number of hydrogen-bond acceptors (Lipinski definition) is 2. The third-order valence-corrected chi connectivity index (χ3v) is 2.34. The van der Waals surface area contributed by atoms with Crippen molar-refractivity contribution < 1.29 is 9.53 Å². The minimum atomic E-state index is -0.415. The molecule has 1 aliphatic heterocycles. The Morgan fingerprint density at radius 1 is 1.60 bits per heavy atom. The number of likely N-dealkylation sites (tertiary alicyclic amines) is 1. The van der Waals surface area contributed by atoms with E-state index >= 15 is 0 Å². The molecule has 1 saturated heterocycles. The highest BCUT2D eigenvalue weighted by Gasteiger charge is 2.28. The first kappa shape index (κ1) is 11.9. The van der Waals surface area contributed by atoms with Crippen LogP contribution in [0.1, 0.15) is 33.6 Å². The van der Waals surface area contributed by atoms with Crippen molar-refractivity contribution in [1.29, 1.82) is 0 Å². The van der Waals surface area contributed by atoms with Crippen LogP contribution in [0.3, 0.4) is 0 Å². The summed E-state index contributed by atoms with van der Waals surface area (Å²) in [6.45, 7) is 7.13. The van der Waals surface area contributed by atoms with E-state index in [9.17, 15) is 4.79 Å². The maximum atomic E-state index is 11.7. The predicted molar refractivity (Wildman–Crippen MR) is 59.4 cm³/mol. The molecule has 1 aliphatic rings. The van der Waals surface area contributed by atoms with Crippen LogP contribution >= 0.6 is 0 Å². The van der Waals surface area contributed by atoms with Crippen molar-refractivity contribution in [3.05, 3.63) is 0 Å². The number of rotatable bonds is 1. The smallest absolute Gasteiger partial charge is 0.410 e. The predicted octanol–water partition coefficient (Wildman–Crippen LogP) is 2.27. The molecule has 1 atom stereocenters. The maximum Gasteiger partial charge on any atom is 0.410 e. The van der Waals surface area contributed by atoms with Crippen molar-refractivity contribution in [2.45, 2.75) is 39.2 Å². The van der Waals surface area contributed by atoms with Gasteiger partial charge in [0.05, 0.1) is 0 Å². The Hall–Kier alpha value is -1.17. The van der Waals surface area contributed by atoms with E-state index in [2.05, 4.69) is 5.92 Å². The SMILES string of the molecule is C#CC[C@H]1CCN(C(=O)OC(C)(C)C)C1. The van der Waals surface area contributed by atoms with E-state index in [1.54, 1.807) is 4.90 Å². The van der Waals surface area contributed by atoms with Crippen LogP contribution in [0.2, 0.25) is 0 Å². The summed E-state index contributed by atoms with van der Waals surface area (Å²) < 4.78 is 5.28. The largest absolute Gasteiger partial charge is 0.444 e. The molecule has 1 rings (SSSR count). The molecule has 0 aromatic carbocycles. The maximum absolute atomic E-state index is 11.7. The van der Waals surface area contributed by atoms with Gasteiger partial charge < -0.3 is 9.64 Å². The molecular formula is C12H19NO2. The van der Waals surface area contributed by atoms with Gasteiger partial charge in [-0.1, -0.05) is 0 Å². The van der Waals surface area contributed by atoms with Gasteiger partial charge in [-0.25, -0.2) is 4.79 Å². The Bertz CT molecular complexity index is 272. The zero-order chi connectivity index (χ0) is 11.5. The second-order valence-electron chi connectivity index (χ2n) is 4.99. The molecule has 0 aromatic rings. The van der Waals surface area contributed by atoms with Gasteiger partial charge in [0.15, 0.2) is 0 Å². The standard InChI is InChI=1S/C12H19NO2/c1-5-6-10-7-8-13(9-10)11(14)15-12(2,3)4/h1,10H,6-9H2,2-4H3/t10-/m0/s1. The van der Waals surface area contributed by atoms with Gasteiger partial charge in [-0.05, 0) is 33.1 Å². The quantitative estimate of drug-likeness (QED) is 0.620. The summed E-state index contributed by atoms with van der Waals surface area (Å²) in [7, 11) is 0. The van der Waals surface area contributed by atoms with E-state index in [1.165, 1.54) is 0 Å². The lowest BCUT2D eigenvalue weighted by molar-refractivity contribution is 0.0288. The number of terminal acetylenes is 1. The third-order valence-electron chi connectivity index (χ3n) is 2.34. The van der Waals surface area contributed by atoms with E-state index < -0.39 is 5.60 Å². The zero-order valence-electron chi connectivity index (χ0n) is 9.75. The molecule has 0 saturated carbocycles. The molecule has 1 amide bonds. The Labute approximate surface area is 91.8 Å². The summed E-state index contributed by atoms with van der Waals surface area (Å²) in [6.07, 6.45) is 6.77. The average molecular weight is 209 g/mol. The van der Waals surface area contributed by atoms with Crippen LogP contribution in [0.5, 0.6) is 0 Å². The molecule has 3 nitrogen and oxygen atoms in total. The van der Waals surface area contributed by atoms with E-state index in [0.29, 0.717) is 5.92 Å². The first-order chi connectivity index (χ1) is 6.92. The summed E-state index contributed by atoms with van der Waals surface area (Å²) in [6, 6.07) is 0. The Balaban J connectivity index is 2.41. The van der Waals surface area contributed by atoms with Crippen LogP contribution in [0.4, 0.5) is 4.79 Å². The van der Waals surface area contributed by atoms with E-state index in [-0.39, 0.29) is 6.09 Å². The van der Waals surface area contributed by atoms with E-state index in [4.69, 9.17) is 11.2 Å². The lowest BCUT2D eigenvalue weighted by Gasteiger charge is -2.24. The highest BCUT2D eigenvalue weighted by molar-refractivity contribution is 5.68. The normalized spacial score (nSPS) is 21.2. The third kappa shape index (κ3) is 3.83. The molecule has 15 heavy (non-hydrogen) atoms. The lowest BCUT2D eigenvalue weighted by Crippen LogP contribution is -2.35. The van der Waals surface area contributed by atoms with Crippen LogP contribution in [0.15, 0.2) is 0 Å². The summed E-state index contributed by atoms with van der Waals surface area (Å²) in [5, 5.41) is 0. The van der Waals surface area contributed by atoms with Crippen LogP contribution < -0.4 is 0 Å². The number of carbonyl (C=O) groups excluding carboxylic acids is 1. The fraction of sp³-hybridized carbons (Fsp3) is 0.750. The number of carbonyl (C=O) groups is 1. The number of hydrogen-bond donors (Lipinski definition) is 0. The molecule has 0 radical (unpaired) electrons. The molecule has 0 aromatic heterocycles. The molecule has 0 bridgehead atoms. The van der Waals surface area contributed by atoms with Crippen molar-refractivity contribution in [3.63, 3.8) is 0 Å². The van der Waals surface area contributed by atoms with Crippen molar-refractivity contribution >= 4 is 6.09 Å². The fourth-order valence-electron chi connectivity index (χ4n) is 1.66. The van der Waals surface area contributed by atoms with Crippen molar-refractivity contribution in [1.82, 2.24) is 4.90 Å². The molecule has 0 unspecified atom stereocenters. The molecule has 0 aliphatic carbocycles. The topological polar surface area (TPSA) is 29.5 Å². The monoisotopic (exact) mass is 209 g/mol. The highest BCUT2D eigenvalue weighted by Crippen LogP contribution is 2.21. The van der Waals surface area contributed by atoms with E-state index in [1.807, 2.05) is 20.8 Å². The molecule has 1 fully saturated rings. The van der Waals surface area contributed by atoms with Gasteiger partial charge in [0.1, 0.15) is 5.60 Å². The van der Waals surface area contributed by atoms with Gasteiger partial charge in [-0.15, -0.1) is 12.3 Å². The molecule has 0 N–H and O–H groups in total. The van der Waals surface area contributed by atoms with Gasteiger partial charge in [0.25, 0.3) is 0 Å². The first-order valence-corrected chi connectivity index (χ1v) is 5.34. The number of nitrogens with zero attached hydrogens (tertiary/aromatic N) is 1. The Morgan fingerprint density at radius 3 is 2.80 bits per heavy atom. The van der Waals surface area contributed by atoms with Crippen molar-refractivity contribution in [2.24, 2.45) is 5.92 Å². The minimum Gasteiger partial charge on any atom is -0.444 e. The van der Waals surface area contributed by atoms with Gasteiger partial charge in [0, 0.05) is 19.5 Å². The second kappa shape index (κ2) is 4.57. The lowest BCUT2D eigenvalue weighted by atomic mass is 10.1. The molecule has 84 valence electrons. The summed E-state index contributed by atoms with van der Waals surface area (Å²) in [5.41, 5.74) is -0.415. The number of amides is 1. The van der Waals surface area contributed by atoms with Gasteiger partial charge >= 0.3 is 6.09 Å². The molecule has 3 heteroatoms. The summed E-state index contributed by atoms with van der Waals surface area (Å²) in [4.78, 5) is 13.4. The number of ether oxygens (including phenoxy) is 1. The molecule has 1 heterocycles. The summed E-state index contributed by atoms with van der Waals surface area (Å²) in [5.74, 6) is 3.09. The minimum absolute atomic E-state index is 0.220. The van der Waals surface area contributed by atoms with Gasteiger partial charge in [0.2, 0.25) is 0 Å². The fourth-order valence-corrected chi connectivity index (χ4v) is 1.66. The molecule has 0 spiro atoms. The van der Waals surface area contributed by atoms with Crippen molar-refractivity contribution in [2.75, 3.05) is 13.1 Å². The van der Waals surface area contributed by atoms with Crippen molar-refractivity contribution in [3.8, 4) is 12.3 Å². The van der Waals surface area contributed by atoms with Gasteiger partial charge in [-0.2, -0.15) is 0 Å². The van der Waals surface area contributed by atoms with E-state index in [0.717, 1.165) is 25.9 Å². The summed E-state index contributed by atoms with van der Waals surface area (Å²) >= 11 is 0.